The number of aliphatic imine (C=N–C) groups is 1. The zero-order valence-corrected chi connectivity index (χ0v) is 13.5. The summed E-state index contributed by atoms with van der Waals surface area (Å²) in [5, 5.41) is 10.9. The van der Waals surface area contributed by atoms with Crippen LogP contribution in [0.5, 0.6) is 0 Å². The van der Waals surface area contributed by atoms with E-state index < -0.39 is 0 Å². The smallest absolute Gasteiger partial charge is 0.191 e. The number of nitrogens with zero attached hydrogens (tertiary/aromatic N) is 3. The van der Waals surface area contributed by atoms with Crippen LogP contribution in [0.3, 0.4) is 0 Å². The summed E-state index contributed by atoms with van der Waals surface area (Å²) in [6, 6.07) is 0.446. The summed E-state index contributed by atoms with van der Waals surface area (Å²) in [6.07, 6.45) is 7.31. The molecular weight excluding hydrogens is 250 g/mol. The fourth-order valence-corrected chi connectivity index (χ4v) is 2.01. The van der Waals surface area contributed by atoms with Crippen LogP contribution in [0.25, 0.3) is 0 Å². The molecule has 1 rings (SSSR count). The molecule has 0 aliphatic heterocycles. The van der Waals surface area contributed by atoms with Crippen molar-refractivity contribution in [3.8, 4) is 0 Å². The van der Waals surface area contributed by atoms with Gasteiger partial charge in [0.1, 0.15) is 0 Å². The number of aryl methyl sites for hydroxylation is 1. The largest absolute Gasteiger partial charge is 0.356 e. The number of rotatable bonds is 7. The van der Waals surface area contributed by atoms with Gasteiger partial charge in [-0.3, -0.25) is 9.67 Å². The van der Waals surface area contributed by atoms with Crippen molar-refractivity contribution in [3.05, 3.63) is 18.0 Å². The molecule has 20 heavy (non-hydrogen) atoms. The van der Waals surface area contributed by atoms with E-state index in [-0.39, 0.29) is 0 Å². The number of hydrogen-bond acceptors (Lipinski definition) is 2. The maximum absolute atomic E-state index is 4.27. The normalized spacial score (nSPS) is 13.6. The SMILES string of the molecule is CN=C(NCCc1cnn(C)c1)NC(C)CCC(C)C. The third-order valence-electron chi connectivity index (χ3n) is 3.25. The minimum Gasteiger partial charge on any atom is -0.356 e. The van der Waals surface area contributed by atoms with E-state index in [0.717, 1.165) is 24.8 Å². The van der Waals surface area contributed by atoms with Crippen molar-refractivity contribution in [1.29, 1.82) is 0 Å². The molecule has 1 aromatic rings. The van der Waals surface area contributed by atoms with Crippen LogP contribution in [0.1, 0.15) is 39.2 Å². The minimum atomic E-state index is 0.446. The van der Waals surface area contributed by atoms with E-state index in [4.69, 9.17) is 0 Å². The Kier molecular flexibility index (Phi) is 7.12. The fraction of sp³-hybridized carbons (Fsp3) is 0.733. The second-order valence-corrected chi connectivity index (χ2v) is 5.79. The Labute approximate surface area is 122 Å². The van der Waals surface area contributed by atoms with Crippen LogP contribution in [0.15, 0.2) is 17.4 Å². The molecule has 0 amide bonds. The maximum Gasteiger partial charge on any atom is 0.191 e. The molecule has 1 heterocycles. The second-order valence-electron chi connectivity index (χ2n) is 5.79. The molecule has 1 atom stereocenters. The standard InChI is InChI=1S/C15H29N5/c1-12(2)6-7-13(3)19-15(16-4)17-9-8-14-10-18-20(5)11-14/h10-13H,6-9H2,1-5H3,(H2,16,17,19). The van der Waals surface area contributed by atoms with E-state index in [1.54, 1.807) is 0 Å². The molecule has 0 fully saturated rings. The summed E-state index contributed by atoms with van der Waals surface area (Å²) in [6.45, 7) is 7.58. The third kappa shape index (κ3) is 6.59. The lowest BCUT2D eigenvalue weighted by Gasteiger charge is -2.18. The first-order chi connectivity index (χ1) is 9.51. The molecule has 0 aliphatic rings. The van der Waals surface area contributed by atoms with E-state index >= 15 is 0 Å². The zero-order valence-electron chi connectivity index (χ0n) is 13.5. The van der Waals surface area contributed by atoms with E-state index in [1.807, 2.05) is 31.2 Å². The lowest BCUT2D eigenvalue weighted by molar-refractivity contribution is 0.489. The van der Waals surface area contributed by atoms with Gasteiger partial charge in [0.25, 0.3) is 0 Å². The molecule has 0 saturated carbocycles. The highest BCUT2D eigenvalue weighted by Crippen LogP contribution is 2.06. The zero-order chi connectivity index (χ0) is 15.0. The number of aromatic nitrogens is 2. The van der Waals surface area contributed by atoms with Gasteiger partial charge in [0.15, 0.2) is 5.96 Å². The lowest BCUT2D eigenvalue weighted by atomic mass is 10.0. The van der Waals surface area contributed by atoms with Crippen LogP contribution in [0, 0.1) is 5.92 Å². The second kappa shape index (κ2) is 8.61. The van der Waals surface area contributed by atoms with Crippen LogP contribution in [0.4, 0.5) is 0 Å². The Bertz CT molecular complexity index is 408. The highest BCUT2D eigenvalue weighted by atomic mass is 15.2. The summed E-state index contributed by atoms with van der Waals surface area (Å²) in [5.41, 5.74) is 1.24. The number of guanidine groups is 1. The average Bonchev–Trinajstić information content (AvgIpc) is 2.81. The fourth-order valence-electron chi connectivity index (χ4n) is 2.01. The van der Waals surface area contributed by atoms with Gasteiger partial charge < -0.3 is 10.6 Å². The van der Waals surface area contributed by atoms with Gasteiger partial charge in [-0.15, -0.1) is 0 Å². The maximum atomic E-state index is 4.27. The van der Waals surface area contributed by atoms with E-state index in [9.17, 15) is 0 Å². The summed E-state index contributed by atoms with van der Waals surface area (Å²) in [5.74, 6) is 1.63. The molecule has 0 saturated heterocycles. The molecule has 0 aliphatic carbocycles. The minimum absolute atomic E-state index is 0.446. The Morgan fingerprint density at radius 1 is 1.35 bits per heavy atom. The van der Waals surface area contributed by atoms with E-state index in [0.29, 0.717) is 6.04 Å². The summed E-state index contributed by atoms with van der Waals surface area (Å²) in [7, 11) is 3.75. The van der Waals surface area contributed by atoms with Crippen LogP contribution in [-0.2, 0) is 13.5 Å². The highest BCUT2D eigenvalue weighted by Gasteiger charge is 2.06. The Hall–Kier alpha value is -1.52. The quantitative estimate of drug-likeness (QED) is 0.592. The van der Waals surface area contributed by atoms with Crippen LogP contribution in [0.2, 0.25) is 0 Å². The van der Waals surface area contributed by atoms with Crippen molar-refractivity contribution in [2.24, 2.45) is 18.0 Å². The van der Waals surface area contributed by atoms with Crippen LogP contribution < -0.4 is 10.6 Å². The van der Waals surface area contributed by atoms with Gasteiger partial charge in [-0.2, -0.15) is 5.10 Å². The predicted octanol–water partition coefficient (Wildman–Crippen LogP) is 1.95. The molecule has 1 aromatic heterocycles. The molecule has 114 valence electrons. The molecular formula is C15H29N5. The van der Waals surface area contributed by atoms with Crippen LogP contribution >= 0.6 is 0 Å². The summed E-state index contributed by atoms with van der Waals surface area (Å²) in [4.78, 5) is 4.27. The Balaban J connectivity index is 2.25. The molecule has 0 aromatic carbocycles. The highest BCUT2D eigenvalue weighted by molar-refractivity contribution is 5.79. The number of hydrogen-bond donors (Lipinski definition) is 2. The summed E-state index contributed by atoms with van der Waals surface area (Å²) >= 11 is 0. The topological polar surface area (TPSA) is 54.2 Å². The van der Waals surface area contributed by atoms with Crippen molar-refractivity contribution in [1.82, 2.24) is 20.4 Å². The first-order valence-corrected chi connectivity index (χ1v) is 7.46. The summed E-state index contributed by atoms with van der Waals surface area (Å²) < 4.78 is 1.83. The van der Waals surface area contributed by atoms with Crippen molar-refractivity contribution < 1.29 is 0 Å². The number of nitrogens with one attached hydrogen (secondary N) is 2. The van der Waals surface area contributed by atoms with Crippen LogP contribution in [-0.4, -0.2) is 35.4 Å². The van der Waals surface area contributed by atoms with Gasteiger partial charge in [-0.05, 0) is 37.7 Å². The van der Waals surface area contributed by atoms with Crippen molar-refractivity contribution in [2.45, 2.75) is 46.1 Å². The van der Waals surface area contributed by atoms with Gasteiger partial charge in [0.2, 0.25) is 0 Å². The monoisotopic (exact) mass is 279 g/mol. The van der Waals surface area contributed by atoms with E-state index in [1.165, 1.54) is 18.4 Å². The molecule has 1 unspecified atom stereocenters. The molecule has 5 heteroatoms. The predicted molar refractivity (Wildman–Crippen MR) is 84.9 cm³/mol. The Morgan fingerprint density at radius 3 is 2.65 bits per heavy atom. The van der Waals surface area contributed by atoms with Gasteiger partial charge in [-0.25, -0.2) is 0 Å². The first kappa shape index (κ1) is 16.5. The lowest BCUT2D eigenvalue weighted by Crippen LogP contribution is -2.42. The van der Waals surface area contributed by atoms with Crippen molar-refractivity contribution in [3.63, 3.8) is 0 Å². The van der Waals surface area contributed by atoms with Gasteiger partial charge in [0.05, 0.1) is 6.20 Å². The molecule has 0 radical (unpaired) electrons. The van der Waals surface area contributed by atoms with Gasteiger partial charge in [-0.1, -0.05) is 13.8 Å². The third-order valence-corrected chi connectivity index (χ3v) is 3.25. The van der Waals surface area contributed by atoms with Gasteiger partial charge >= 0.3 is 0 Å². The van der Waals surface area contributed by atoms with E-state index in [2.05, 4.69) is 41.5 Å². The first-order valence-electron chi connectivity index (χ1n) is 7.46. The molecule has 2 N–H and O–H groups in total. The van der Waals surface area contributed by atoms with Gasteiger partial charge in [0, 0.05) is 32.9 Å². The Morgan fingerprint density at radius 2 is 2.10 bits per heavy atom. The molecule has 5 nitrogen and oxygen atoms in total. The average molecular weight is 279 g/mol. The van der Waals surface area contributed by atoms with Crippen molar-refractivity contribution >= 4 is 5.96 Å². The molecule has 0 bridgehead atoms. The molecule has 0 spiro atoms. The van der Waals surface area contributed by atoms with Crippen molar-refractivity contribution in [2.75, 3.05) is 13.6 Å².